The largest absolute Gasteiger partial charge is 0.384 e. The summed E-state index contributed by atoms with van der Waals surface area (Å²) < 4.78 is 2.44. The summed E-state index contributed by atoms with van der Waals surface area (Å²) in [6.07, 6.45) is 0.826. The van der Waals surface area contributed by atoms with Crippen molar-refractivity contribution in [3.8, 4) is 6.07 Å². The van der Waals surface area contributed by atoms with Crippen molar-refractivity contribution in [2.45, 2.75) is 13.0 Å². The molecule has 2 heterocycles. The molecule has 0 saturated carbocycles. The van der Waals surface area contributed by atoms with Crippen LogP contribution in [0.2, 0.25) is 0 Å². The van der Waals surface area contributed by atoms with Gasteiger partial charge in [0.25, 0.3) is 0 Å². The van der Waals surface area contributed by atoms with E-state index in [1.54, 1.807) is 11.6 Å². The molecule has 1 aromatic heterocycles. The summed E-state index contributed by atoms with van der Waals surface area (Å²) in [5.74, 6) is 0.475. The van der Waals surface area contributed by atoms with Gasteiger partial charge in [-0.25, -0.2) is 0 Å². The third-order valence-corrected chi connectivity index (χ3v) is 3.33. The number of nitriles is 1. The number of hydrogen-bond donors (Lipinski definition) is 2. The molecule has 0 amide bonds. The maximum absolute atomic E-state index is 9.09. The van der Waals surface area contributed by atoms with Gasteiger partial charge in [0.2, 0.25) is 0 Å². The summed E-state index contributed by atoms with van der Waals surface area (Å²) in [7, 11) is 1.80. The Bertz CT molecular complexity index is 510. The second-order valence-corrected chi connectivity index (χ2v) is 4.01. The number of fused-ring (bicyclic) bond motifs is 1. The SMILES string of the molecule is Cn1c(N)c(C#N)c2c(c1=S)CNCC2. The van der Waals surface area contributed by atoms with Gasteiger partial charge >= 0.3 is 0 Å². The summed E-state index contributed by atoms with van der Waals surface area (Å²) in [6, 6.07) is 2.17. The topological polar surface area (TPSA) is 66.8 Å². The minimum atomic E-state index is 0.475. The highest BCUT2D eigenvalue weighted by Gasteiger charge is 2.18. The van der Waals surface area contributed by atoms with Crippen LogP contribution in [-0.4, -0.2) is 11.1 Å². The second kappa shape index (κ2) is 3.65. The first-order valence-electron chi connectivity index (χ1n) is 4.78. The van der Waals surface area contributed by atoms with Crippen molar-refractivity contribution >= 4 is 18.0 Å². The van der Waals surface area contributed by atoms with Crippen LogP contribution in [-0.2, 0) is 20.0 Å². The number of rotatable bonds is 0. The lowest BCUT2D eigenvalue weighted by Crippen LogP contribution is -2.27. The zero-order valence-electron chi connectivity index (χ0n) is 8.50. The highest BCUT2D eigenvalue weighted by atomic mass is 32.1. The zero-order chi connectivity index (χ0) is 11.0. The third-order valence-electron chi connectivity index (χ3n) is 2.81. The predicted octanol–water partition coefficient (Wildman–Crippen LogP) is 0.854. The van der Waals surface area contributed by atoms with Gasteiger partial charge in [-0.2, -0.15) is 5.26 Å². The Morgan fingerprint density at radius 3 is 2.93 bits per heavy atom. The van der Waals surface area contributed by atoms with Gasteiger partial charge in [0.15, 0.2) is 0 Å². The predicted molar refractivity (Wildman–Crippen MR) is 60.8 cm³/mol. The van der Waals surface area contributed by atoms with Crippen LogP contribution in [0.25, 0.3) is 0 Å². The minimum Gasteiger partial charge on any atom is -0.384 e. The number of anilines is 1. The molecule has 1 aliphatic rings. The molecule has 78 valence electrons. The number of hydrogen-bond acceptors (Lipinski definition) is 4. The van der Waals surface area contributed by atoms with Crippen LogP contribution >= 0.6 is 12.2 Å². The van der Waals surface area contributed by atoms with Crippen LogP contribution in [0.4, 0.5) is 5.82 Å². The van der Waals surface area contributed by atoms with Crippen LogP contribution in [0.5, 0.6) is 0 Å². The van der Waals surface area contributed by atoms with Crippen molar-refractivity contribution < 1.29 is 0 Å². The number of nitrogens with two attached hydrogens (primary N) is 1. The zero-order valence-corrected chi connectivity index (χ0v) is 9.32. The molecule has 0 radical (unpaired) electrons. The number of pyridine rings is 1. The standard InChI is InChI=1S/C10H12N4S/c1-14-9(12)7(4-11)6-2-3-13-5-8(6)10(14)15/h13H,2-3,5,12H2,1H3. The molecule has 0 saturated heterocycles. The van der Waals surface area contributed by atoms with E-state index in [1.165, 1.54) is 0 Å². The molecular weight excluding hydrogens is 208 g/mol. The van der Waals surface area contributed by atoms with Crippen LogP contribution in [0, 0.1) is 16.0 Å². The maximum Gasteiger partial charge on any atom is 0.122 e. The summed E-state index contributed by atoms with van der Waals surface area (Å²) in [5, 5.41) is 12.3. The molecule has 0 atom stereocenters. The highest BCUT2D eigenvalue weighted by Crippen LogP contribution is 2.24. The summed E-state index contributed by atoms with van der Waals surface area (Å²) >= 11 is 5.31. The molecular formula is C10H12N4S. The highest BCUT2D eigenvalue weighted by molar-refractivity contribution is 7.71. The van der Waals surface area contributed by atoms with Crippen LogP contribution in [0.3, 0.4) is 0 Å². The van der Waals surface area contributed by atoms with E-state index >= 15 is 0 Å². The molecule has 2 rings (SSSR count). The van der Waals surface area contributed by atoms with E-state index in [2.05, 4.69) is 11.4 Å². The number of nitrogens with one attached hydrogen (secondary N) is 1. The van der Waals surface area contributed by atoms with Gasteiger partial charge < -0.3 is 15.6 Å². The van der Waals surface area contributed by atoms with Crippen molar-refractivity contribution in [1.82, 2.24) is 9.88 Å². The molecule has 0 bridgehead atoms. The van der Waals surface area contributed by atoms with E-state index in [-0.39, 0.29) is 0 Å². The third kappa shape index (κ3) is 1.42. The Hall–Kier alpha value is -1.38. The fourth-order valence-corrected chi connectivity index (χ4v) is 2.22. The molecule has 1 aromatic rings. The second-order valence-electron chi connectivity index (χ2n) is 3.62. The average Bonchev–Trinajstić information content (AvgIpc) is 2.27. The van der Waals surface area contributed by atoms with Gasteiger partial charge in [-0.3, -0.25) is 0 Å². The van der Waals surface area contributed by atoms with E-state index in [0.29, 0.717) is 11.4 Å². The Labute approximate surface area is 93.3 Å². The van der Waals surface area contributed by atoms with E-state index < -0.39 is 0 Å². The lowest BCUT2D eigenvalue weighted by molar-refractivity contribution is 0.631. The number of nitrogen functional groups attached to an aromatic ring is 1. The van der Waals surface area contributed by atoms with Gasteiger partial charge in [-0.05, 0) is 18.5 Å². The minimum absolute atomic E-state index is 0.475. The van der Waals surface area contributed by atoms with Crippen molar-refractivity contribution in [3.63, 3.8) is 0 Å². The van der Waals surface area contributed by atoms with Crippen molar-refractivity contribution in [3.05, 3.63) is 21.3 Å². The Balaban J connectivity index is 2.84. The van der Waals surface area contributed by atoms with Crippen molar-refractivity contribution in [2.75, 3.05) is 12.3 Å². The number of nitrogens with zero attached hydrogens (tertiary/aromatic N) is 2. The molecule has 1 aliphatic heterocycles. The normalized spacial score (nSPS) is 14.4. The number of aromatic nitrogens is 1. The molecule has 0 fully saturated rings. The molecule has 3 N–H and O–H groups in total. The molecule has 15 heavy (non-hydrogen) atoms. The first kappa shape index (κ1) is 10.1. The van der Waals surface area contributed by atoms with Crippen molar-refractivity contribution in [2.24, 2.45) is 7.05 Å². The molecule has 5 heteroatoms. The fraction of sp³-hybridized carbons (Fsp3) is 0.400. The van der Waals surface area contributed by atoms with E-state index in [9.17, 15) is 0 Å². The van der Waals surface area contributed by atoms with Crippen molar-refractivity contribution in [1.29, 1.82) is 5.26 Å². The monoisotopic (exact) mass is 220 g/mol. The quantitative estimate of drug-likeness (QED) is 0.636. The smallest absolute Gasteiger partial charge is 0.122 e. The molecule has 0 aliphatic carbocycles. The van der Waals surface area contributed by atoms with E-state index in [1.807, 2.05) is 0 Å². The van der Waals surface area contributed by atoms with Crippen LogP contribution < -0.4 is 11.1 Å². The lowest BCUT2D eigenvalue weighted by Gasteiger charge is -2.21. The summed E-state index contributed by atoms with van der Waals surface area (Å²) in [4.78, 5) is 0. The van der Waals surface area contributed by atoms with Crippen LogP contribution in [0.1, 0.15) is 16.7 Å². The van der Waals surface area contributed by atoms with Crippen LogP contribution in [0.15, 0.2) is 0 Å². The Morgan fingerprint density at radius 1 is 1.53 bits per heavy atom. The van der Waals surface area contributed by atoms with E-state index in [4.69, 9.17) is 23.2 Å². The molecule has 4 nitrogen and oxygen atoms in total. The molecule has 0 spiro atoms. The Morgan fingerprint density at radius 2 is 2.27 bits per heavy atom. The van der Waals surface area contributed by atoms with Gasteiger partial charge in [0.05, 0.1) is 5.56 Å². The Kier molecular flexibility index (Phi) is 2.47. The lowest BCUT2D eigenvalue weighted by atomic mass is 9.98. The molecule has 0 unspecified atom stereocenters. The first-order chi connectivity index (χ1) is 7.16. The fourth-order valence-electron chi connectivity index (χ4n) is 1.92. The summed E-state index contributed by atoms with van der Waals surface area (Å²) in [6.45, 7) is 1.61. The maximum atomic E-state index is 9.09. The molecule has 0 aromatic carbocycles. The van der Waals surface area contributed by atoms with Gasteiger partial charge in [0, 0.05) is 19.2 Å². The first-order valence-corrected chi connectivity index (χ1v) is 5.18. The van der Waals surface area contributed by atoms with Gasteiger partial charge in [0.1, 0.15) is 16.5 Å². The average molecular weight is 220 g/mol. The summed E-state index contributed by atoms with van der Waals surface area (Å²) in [5.41, 5.74) is 8.53. The van der Waals surface area contributed by atoms with Gasteiger partial charge in [-0.1, -0.05) is 12.2 Å². The van der Waals surface area contributed by atoms with Gasteiger partial charge in [-0.15, -0.1) is 0 Å². The van der Waals surface area contributed by atoms with E-state index in [0.717, 1.165) is 35.3 Å².